The molecule has 108 valence electrons. The van der Waals surface area contributed by atoms with Gasteiger partial charge in [0, 0.05) is 12.8 Å². The van der Waals surface area contributed by atoms with E-state index in [0.29, 0.717) is 12.8 Å². The first-order chi connectivity index (χ1) is 9.77. The Morgan fingerprint density at radius 2 is 1.75 bits per heavy atom. The molecule has 0 saturated heterocycles. The molecule has 0 aliphatic rings. The molecule has 0 saturated carbocycles. The molecule has 0 amide bonds. The summed E-state index contributed by atoms with van der Waals surface area (Å²) in [4.78, 5) is 10.3. The van der Waals surface area contributed by atoms with Crippen LogP contribution in [0.1, 0.15) is 57.8 Å². The van der Waals surface area contributed by atoms with Crippen LogP contribution < -0.4 is 0 Å². The van der Waals surface area contributed by atoms with E-state index in [1.807, 2.05) is 6.08 Å². The van der Waals surface area contributed by atoms with Gasteiger partial charge in [0.2, 0.25) is 0 Å². The van der Waals surface area contributed by atoms with Crippen molar-refractivity contribution in [2.45, 2.75) is 57.8 Å². The van der Waals surface area contributed by atoms with Gasteiger partial charge < -0.3 is 5.11 Å². The SMILES string of the molecule is C=CCC#CC#C/C=C\CCCCCCCCC(=O)O. The second-order valence-electron chi connectivity index (χ2n) is 4.52. The molecular weight excluding hydrogens is 248 g/mol. The molecule has 0 aliphatic heterocycles. The maximum absolute atomic E-state index is 10.3. The molecule has 2 heteroatoms. The first kappa shape index (κ1) is 18.1. The van der Waals surface area contributed by atoms with E-state index in [1.54, 1.807) is 6.08 Å². The molecule has 0 fully saturated rings. The number of allylic oxidation sites excluding steroid dienone is 3. The van der Waals surface area contributed by atoms with Gasteiger partial charge in [-0.1, -0.05) is 49.7 Å². The summed E-state index contributed by atoms with van der Waals surface area (Å²) >= 11 is 0. The highest BCUT2D eigenvalue weighted by molar-refractivity contribution is 5.66. The Balaban J connectivity index is 3.33. The van der Waals surface area contributed by atoms with Crippen LogP contribution in [0.2, 0.25) is 0 Å². The lowest BCUT2D eigenvalue weighted by Gasteiger charge is -1.98. The predicted molar refractivity (Wildman–Crippen MR) is 84.1 cm³/mol. The van der Waals surface area contributed by atoms with E-state index in [4.69, 9.17) is 5.11 Å². The second-order valence-corrected chi connectivity index (χ2v) is 4.52. The van der Waals surface area contributed by atoms with Gasteiger partial charge in [-0.3, -0.25) is 4.79 Å². The number of carbonyl (C=O) groups is 1. The van der Waals surface area contributed by atoms with Gasteiger partial charge in [0.15, 0.2) is 0 Å². The van der Waals surface area contributed by atoms with Crippen LogP contribution in [0.25, 0.3) is 0 Å². The zero-order valence-corrected chi connectivity index (χ0v) is 12.2. The molecule has 2 nitrogen and oxygen atoms in total. The molecule has 0 aromatic heterocycles. The molecule has 20 heavy (non-hydrogen) atoms. The van der Waals surface area contributed by atoms with Crippen LogP contribution >= 0.6 is 0 Å². The summed E-state index contributed by atoms with van der Waals surface area (Å²) in [5.74, 6) is 10.6. The van der Waals surface area contributed by atoms with Crippen LogP contribution in [0.3, 0.4) is 0 Å². The molecular formula is C18H24O2. The van der Waals surface area contributed by atoms with Crippen molar-refractivity contribution in [3.8, 4) is 23.7 Å². The Labute approximate surface area is 123 Å². The standard InChI is InChI=1S/C18H24O2/c1-2-3-4-5-6-7-8-9-10-11-12-13-14-15-16-17-18(19)20/h2,8-9H,1,3,10-17H2,(H,19,20)/b9-8-. The highest BCUT2D eigenvalue weighted by Gasteiger charge is 1.95. The van der Waals surface area contributed by atoms with Crippen LogP contribution in [0, 0.1) is 23.7 Å². The summed E-state index contributed by atoms with van der Waals surface area (Å²) in [7, 11) is 0. The molecule has 0 unspecified atom stereocenters. The van der Waals surface area contributed by atoms with Gasteiger partial charge in [0.25, 0.3) is 0 Å². The Morgan fingerprint density at radius 3 is 2.45 bits per heavy atom. The minimum absolute atomic E-state index is 0.303. The summed E-state index contributed by atoms with van der Waals surface area (Å²) in [5, 5.41) is 8.49. The zero-order chi connectivity index (χ0) is 14.9. The highest BCUT2D eigenvalue weighted by atomic mass is 16.4. The third-order valence-corrected chi connectivity index (χ3v) is 2.68. The van der Waals surface area contributed by atoms with Crippen LogP contribution in [0.4, 0.5) is 0 Å². The molecule has 0 atom stereocenters. The van der Waals surface area contributed by atoms with E-state index < -0.39 is 5.97 Å². The van der Waals surface area contributed by atoms with Crippen molar-refractivity contribution in [3.63, 3.8) is 0 Å². The van der Waals surface area contributed by atoms with Gasteiger partial charge in [0.05, 0.1) is 0 Å². The molecule has 0 heterocycles. The molecule has 0 aromatic carbocycles. The molecule has 0 radical (unpaired) electrons. The monoisotopic (exact) mass is 272 g/mol. The average Bonchev–Trinajstić information content (AvgIpc) is 2.43. The first-order valence-electron chi connectivity index (χ1n) is 7.23. The molecule has 0 aromatic rings. The number of rotatable bonds is 10. The van der Waals surface area contributed by atoms with Gasteiger partial charge in [-0.15, -0.1) is 6.58 Å². The lowest BCUT2D eigenvalue weighted by Crippen LogP contribution is -1.93. The van der Waals surface area contributed by atoms with Crippen LogP contribution in [-0.2, 0) is 4.79 Å². The molecule has 0 rings (SSSR count). The maximum atomic E-state index is 10.3. The van der Waals surface area contributed by atoms with Gasteiger partial charge in [-0.05, 0) is 37.2 Å². The summed E-state index contributed by atoms with van der Waals surface area (Å²) in [6.45, 7) is 3.58. The summed E-state index contributed by atoms with van der Waals surface area (Å²) in [5.41, 5.74) is 0. The Kier molecular flexibility index (Phi) is 13.7. The van der Waals surface area contributed by atoms with E-state index in [0.717, 1.165) is 25.7 Å². The maximum Gasteiger partial charge on any atom is 0.303 e. The van der Waals surface area contributed by atoms with Crippen molar-refractivity contribution >= 4 is 5.97 Å². The third-order valence-electron chi connectivity index (χ3n) is 2.68. The average molecular weight is 272 g/mol. The summed E-state index contributed by atoms with van der Waals surface area (Å²) in [6, 6.07) is 0. The van der Waals surface area contributed by atoms with Crippen molar-refractivity contribution in [3.05, 3.63) is 24.8 Å². The molecule has 0 bridgehead atoms. The summed E-state index contributed by atoms with van der Waals surface area (Å²) < 4.78 is 0. The molecule has 1 N–H and O–H groups in total. The van der Waals surface area contributed by atoms with Crippen LogP contribution in [0.5, 0.6) is 0 Å². The predicted octanol–water partition coefficient (Wildman–Crippen LogP) is 4.33. The van der Waals surface area contributed by atoms with Gasteiger partial charge in [-0.25, -0.2) is 0 Å². The fourth-order valence-electron chi connectivity index (χ4n) is 1.63. The van der Waals surface area contributed by atoms with Gasteiger partial charge in [-0.2, -0.15) is 0 Å². The third kappa shape index (κ3) is 16.1. The van der Waals surface area contributed by atoms with Crippen molar-refractivity contribution < 1.29 is 9.90 Å². The van der Waals surface area contributed by atoms with Crippen LogP contribution in [0.15, 0.2) is 24.8 Å². The first-order valence-corrected chi connectivity index (χ1v) is 7.23. The lowest BCUT2D eigenvalue weighted by atomic mass is 10.1. The van der Waals surface area contributed by atoms with E-state index >= 15 is 0 Å². The Bertz CT molecular complexity index is 410. The number of carboxylic acids is 1. The molecule has 0 aliphatic carbocycles. The number of hydrogen-bond donors (Lipinski definition) is 1. The Hall–Kier alpha value is -1.93. The van der Waals surface area contributed by atoms with Crippen LogP contribution in [-0.4, -0.2) is 11.1 Å². The Morgan fingerprint density at radius 1 is 1.05 bits per heavy atom. The van der Waals surface area contributed by atoms with E-state index in [9.17, 15) is 4.79 Å². The second kappa shape index (κ2) is 15.1. The summed E-state index contributed by atoms with van der Waals surface area (Å²) in [6.07, 6.45) is 14.2. The number of carboxylic acid groups (broad SMARTS) is 1. The van der Waals surface area contributed by atoms with E-state index in [1.165, 1.54) is 19.3 Å². The quantitative estimate of drug-likeness (QED) is 0.365. The largest absolute Gasteiger partial charge is 0.481 e. The smallest absolute Gasteiger partial charge is 0.303 e. The van der Waals surface area contributed by atoms with E-state index in [-0.39, 0.29) is 0 Å². The van der Waals surface area contributed by atoms with Crippen molar-refractivity contribution in [1.29, 1.82) is 0 Å². The minimum Gasteiger partial charge on any atom is -0.481 e. The number of hydrogen-bond acceptors (Lipinski definition) is 1. The minimum atomic E-state index is -0.689. The number of aliphatic carboxylic acids is 1. The molecule has 0 spiro atoms. The van der Waals surface area contributed by atoms with Gasteiger partial charge in [0.1, 0.15) is 0 Å². The van der Waals surface area contributed by atoms with Crippen molar-refractivity contribution in [1.82, 2.24) is 0 Å². The lowest BCUT2D eigenvalue weighted by molar-refractivity contribution is -0.137. The van der Waals surface area contributed by atoms with E-state index in [2.05, 4.69) is 36.3 Å². The number of unbranched alkanes of at least 4 members (excludes halogenated alkanes) is 6. The zero-order valence-electron chi connectivity index (χ0n) is 12.2. The topological polar surface area (TPSA) is 37.3 Å². The van der Waals surface area contributed by atoms with Gasteiger partial charge >= 0.3 is 5.97 Å². The van der Waals surface area contributed by atoms with Crippen molar-refractivity contribution in [2.75, 3.05) is 0 Å². The fourth-order valence-corrected chi connectivity index (χ4v) is 1.63. The highest BCUT2D eigenvalue weighted by Crippen LogP contribution is 2.08. The normalized spacial score (nSPS) is 9.40. The van der Waals surface area contributed by atoms with Crippen molar-refractivity contribution in [2.24, 2.45) is 0 Å². The fraction of sp³-hybridized carbons (Fsp3) is 0.500.